The summed E-state index contributed by atoms with van der Waals surface area (Å²) in [5, 5.41) is 0. The van der Waals surface area contributed by atoms with Gasteiger partial charge in [-0.25, -0.2) is 4.98 Å². The lowest BCUT2D eigenvalue weighted by molar-refractivity contribution is 0.355. The van der Waals surface area contributed by atoms with Crippen LogP contribution in [0, 0.1) is 0 Å². The molecule has 0 unspecified atom stereocenters. The molecular weight excluding hydrogens is 334 g/mol. The molecule has 0 saturated carbocycles. The van der Waals surface area contributed by atoms with E-state index in [4.69, 9.17) is 27.4 Å². The second-order valence-electron chi connectivity index (χ2n) is 5.51. The standard InChI is InChI=1S/C19H19N3O2S/c1-23-16-7-6-15(11-17(16)24-2)19-21-8-9-22(19)12-13-4-3-5-14(10-13)18(20)25/h3-11H,12H2,1-2H3,(H2,20,25). The second kappa shape index (κ2) is 7.36. The summed E-state index contributed by atoms with van der Waals surface area (Å²) in [5.74, 6) is 2.21. The van der Waals surface area contributed by atoms with Gasteiger partial charge in [0.2, 0.25) is 0 Å². The zero-order valence-corrected chi connectivity index (χ0v) is 14.9. The van der Waals surface area contributed by atoms with E-state index in [1.54, 1.807) is 20.4 Å². The average molecular weight is 353 g/mol. The molecule has 3 aromatic rings. The molecule has 1 heterocycles. The Morgan fingerprint density at radius 2 is 1.92 bits per heavy atom. The Labute approximate surface area is 152 Å². The number of ether oxygens (including phenoxy) is 2. The minimum Gasteiger partial charge on any atom is -0.493 e. The topological polar surface area (TPSA) is 62.3 Å². The minimum absolute atomic E-state index is 0.396. The van der Waals surface area contributed by atoms with Crippen molar-refractivity contribution in [2.45, 2.75) is 6.54 Å². The first-order chi connectivity index (χ1) is 12.1. The van der Waals surface area contributed by atoms with Crippen LogP contribution in [-0.4, -0.2) is 28.8 Å². The Morgan fingerprint density at radius 1 is 1.12 bits per heavy atom. The average Bonchev–Trinajstić information content (AvgIpc) is 3.09. The van der Waals surface area contributed by atoms with Crippen molar-refractivity contribution in [2.75, 3.05) is 14.2 Å². The Bertz CT molecular complexity index is 905. The number of nitrogens with two attached hydrogens (primary N) is 1. The number of imidazole rings is 1. The first kappa shape index (κ1) is 17.0. The first-order valence-corrected chi connectivity index (χ1v) is 8.15. The molecule has 3 rings (SSSR count). The van der Waals surface area contributed by atoms with Crippen LogP contribution >= 0.6 is 12.2 Å². The van der Waals surface area contributed by atoms with E-state index in [1.165, 1.54) is 0 Å². The maximum Gasteiger partial charge on any atom is 0.161 e. The van der Waals surface area contributed by atoms with E-state index in [0.717, 1.165) is 22.5 Å². The van der Waals surface area contributed by atoms with E-state index in [2.05, 4.69) is 9.55 Å². The van der Waals surface area contributed by atoms with Gasteiger partial charge >= 0.3 is 0 Å². The summed E-state index contributed by atoms with van der Waals surface area (Å²) in [7, 11) is 3.24. The number of hydrogen-bond donors (Lipinski definition) is 1. The fraction of sp³-hybridized carbons (Fsp3) is 0.158. The molecule has 5 nitrogen and oxygen atoms in total. The van der Waals surface area contributed by atoms with E-state index in [0.29, 0.717) is 23.0 Å². The molecule has 2 aromatic carbocycles. The van der Waals surface area contributed by atoms with E-state index in [-0.39, 0.29) is 0 Å². The van der Waals surface area contributed by atoms with E-state index in [9.17, 15) is 0 Å². The highest BCUT2D eigenvalue weighted by molar-refractivity contribution is 7.80. The molecule has 0 atom stereocenters. The van der Waals surface area contributed by atoms with Gasteiger partial charge in [0.15, 0.2) is 11.5 Å². The monoisotopic (exact) mass is 353 g/mol. The lowest BCUT2D eigenvalue weighted by Crippen LogP contribution is -2.10. The Balaban J connectivity index is 1.93. The van der Waals surface area contributed by atoms with Crippen LogP contribution in [-0.2, 0) is 6.54 Å². The highest BCUT2D eigenvalue weighted by Crippen LogP contribution is 2.31. The molecule has 2 N–H and O–H groups in total. The molecule has 0 bridgehead atoms. The van der Waals surface area contributed by atoms with Crippen molar-refractivity contribution in [2.24, 2.45) is 5.73 Å². The molecule has 6 heteroatoms. The maximum absolute atomic E-state index is 5.72. The summed E-state index contributed by atoms with van der Waals surface area (Å²) in [6, 6.07) is 13.7. The number of methoxy groups -OCH3 is 2. The van der Waals surface area contributed by atoms with Crippen LogP contribution in [0.1, 0.15) is 11.1 Å². The Hall–Kier alpha value is -2.86. The van der Waals surface area contributed by atoms with Gasteiger partial charge in [0.1, 0.15) is 10.8 Å². The molecule has 128 valence electrons. The molecule has 0 radical (unpaired) electrons. The van der Waals surface area contributed by atoms with Crippen LogP contribution in [0.25, 0.3) is 11.4 Å². The summed E-state index contributed by atoms with van der Waals surface area (Å²) in [4.78, 5) is 4.88. The van der Waals surface area contributed by atoms with Gasteiger partial charge in [-0.2, -0.15) is 0 Å². The van der Waals surface area contributed by atoms with Crippen LogP contribution in [0.3, 0.4) is 0 Å². The Morgan fingerprint density at radius 3 is 2.64 bits per heavy atom. The largest absolute Gasteiger partial charge is 0.493 e. The van der Waals surface area contributed by atoms with Gasteiger partial charge in [-0.05, 0) is 29.8 Å². The lowest BCUT2D eigenvalue weighted by Gasteiger charge is -2.12. The molecule has 0 aliphatic heterocycles. The van der Waals surface area contributed by atoms with Crippen LogP contribution in [0.2, 0.25) is 0 Å². The number of thiocarbonyl (C=S) groups is 1. The molecule has 0 amide bonds. The Kier molecular flexibility index (Phi) is 5.00. The molecule has 1 aromatic heterocycles. The summed E-state index contributed by atoms with van der Waals surface area (Å²) in [6.45, 7) is 0.667. The highest BCUT2D eigenvalue weighted by atomic mass is 32.1. The smallest absolute Gasteiger partial charge is 0.161 e. The van der Waals surface area contributed by atoms with Crippen LogP contribution in [0.15, 0.2) is 54.9 Å². The zero-order chi connectivity index (χ0) is 17.8. The predicted octanol–water partition coefficient (Wildman–Crippen LogP) is 3.25. The third-order valence-corrected chi connectivity index (χ3v) is 4.16. The van der Waals surface area contributed by atoms with Crippen molar-refractivity contribution < 1.29 is 9.47 Å². The van der Waals surface area contributed by atoms with Gasteiger partial charge in [0.25, 0.3) is 0 Å². The maximum atomic E-state index is 5.72. The summed E-state index contributed by atoms with van der Waals surface area (Å²) >= 11 is 5.06. The molecular formula is C19H19N3O2S. The summed E-state index contributed by atoms with van der Waals surface area (Å²) in [5.41, 5.74) is 8.64. The minimum atomic E-state index is 0.396. The van der Waals surface area contributed by atoms with Crippen LogP contribution in [0.5, 0.6) is 11.5 Å². The first-order valence-electron chi connectivity index (χ1n) is 7.74. The third-order valence-electron chi connectivity index (χ3n) is 3.92. The fourth-order valence-electron chi connectivity index (χ4n) is 2.69. The number of benzene rings is 2. The molecule has 0 aliphatic rings. The van der Waals surface area contributed by atoms with Crippen molar-refractivity contribution >= 4 is 17.2 Å². The van der Waals surface area contributed by atoms with E-state index < -0.39 is 0 Å². The van der Waals surface area contributed by atoms with Gasteiger partial charge in [0, 0.05) is 30.1 Å². The molecule has 0 fully saturated rings. The number of aromatic nitrogens is 2. The van der Waals surface area contributed by atoms with Gasteiger partial charge in [-0.3, -0.25) is 0 Å². The van der Waals surface area contributed by atoms with Crippen LogP contribution < -0.4 is 15.2 Å². The van der Waals surface area contributed by atoms with Gasteiger partial charge in [0.05, 0.1) is 14.2 Å². The number of nitrogens with zero attached hydrogens (tertiary/aromatic N) is 2. The quantitative estimate of drug-likeness (QED) is 0.689. The number of rotatable bonds is 6. The highest BCUT2D eigenvalue weighted by Gasteiger charge is 2.11. The molecule has 0 saturated heterocycles. The van der Waals surface area contributed by atoms with Crippen molar-refractivity contribution in [1.29, 1.82) is 0 Å². The molecule has 0 aliphatic carbocycles. The van der Waals surface area contributed by atoms with Crippen LogP contribution in [0.4, 0.5) is 0 Å². The number of hydrogen-bond acceptors (Lipinski definition) is 4. The van der Waals surface area contributed by atoms with E-state index >= 15 is 0 Å². The third kappa shape index (κ3) is 3.64. The van der Waals surface area contributed by atoms with E-state index in [1.807, 2.05) is 48.7 Å². The second-order valence-corrected chi connectivity index (χ2v) is 5.95. The normalized spacial score (nSPS) is 10.5. The van der Waals surface area contributed by atoms with Gasteiger partial charge < -0.3 is 19.8 Å². The SMILES string of the molecule is COc1ccc(-c2nccn2Cc2cccc(C(N)=S)c2)cc1OC. The van der Waals surface area contributed by atoms with Crippen molar-refractivity contribution in [3.63, 3.8) is 0 Å². The van der Waals surface area contributed by atoms with Gasteiger partial charge in [-0.15, -0.1) is 0 Å². The van der Waals surface area contributed by atoms with Crippen molar-refractivity contribution in [3.05, 3.63) is 66.0 Å². The van der Waals surface area contributed by atoms with Crippen molar-refractivity contribution in [1.82, 2.24) is 9.55 Å². The summed E-state index contributed by atoms with van der Waals surface area (Å²) < 4.78 is 12.7. The molecule has 25 heavy (non-hydrogen) atoms. The summed E-state index contributed by atoms with van der Waals surface area (Å²) in [6.07, 6.45) is 3.73. The zero-order valence-electron chi connectivity index (χ0n) is 14.1. The van der Waals surface area contributed by atoms with Gasteiger partial charge in [-0.1, -0.05) is 30.4 Å². The van der Waals surface area contributed by atoms with Crippen molar-refractivity contribution in [3.8, 4) is 22.9 Å². The predicted molar refractivity (Wildman–Crippen MR) is 102 cm³/mol. The fourth-order valence-corrected chi connectivity index (χ4v) is 2.82. The molecule has 0 spiro atoms. The lowest BCUT2D eigenvalue weighted by atomic mass is 10.1.